The summed E-state index contributed by atoms with van der Waals surface area (Å²) < 4.78 is 37.0. The van der Waals surface area contributed by atoms with Crippen molar-refractivity contribution >= 4 is 15.8 Å². The van der Waals surface area contributed by atoms with Crippen LogP contribution < -0.4 is 0 Å². The molecule has 1 saturated carbocycles. The van der Waals surface area contributed by atoms with Crippen molar-refractivity contribution in [3.05, 3.63) is 30.1 Å². The zero-order valence-corrected chi connectivity index (χ0v) is 11.3. The first-order valence-corrected chi connectivity index (χ1v) is 7.55. The Balaban J connectivity index is 2.67. The van der Waals surface area contributed by atoms with E-state index in [1.54, 1.807) is 6.92 Å². The number of carboxylic acid groups (broad SMARTS) is 1. The Morgan fingerprint density at radius 2 is 2.05 bits per heavy atom. The molecule has 0 spiro atoms. The number of rotatable bonds is 3. The first kappa shape index (κ1) is 14.0. The molecule has 1 aliphatic carbocycles. The fraction of sp³-hybridized carbons (Fsp3) is 0.462. The number of hydrogen-bond acceptors (Lipinski definition) is 3. The van der Waals surface area contributed by atoms with E-state index in [4.69, 9.17) is 0 Å². The minimum absolute atomic E-state index is 0.0279. The Hall–Kier alpha value is -1.43. The SMILES string of the molecule is CC1CCCC1(C(=O)O)S(=O)(=O)c1ccccc1F. The molecule has 0 saturated heterocycles. The minimum Gasteiger partial charge on any atom is -0.480 e. The highest BCUT2D eigenvalue weighted by Crippen LogP contribution is 2.45. The van der Waals surface area contributed by atoms with Gasteiger partial charge in [-0.05, 0) is 30.9 Å². The number of carboxylic acids is 1. The number of aliphatic carboxylic acids is 1. The fourth-order valence-corrected chi connectivity index (χ4v) is 5.11. The van der Waals surface area contributed by atoms with Crippen LogP contribution >= 0.6 is 0 Å². The highest BCUT2D eigenvalue weighted by Gasteiger charge is 2.58. The highest BCUT2D eigenvalue weighted by atomic mass is 32.2. The van der Waals surface area contributed by atoms with E-state index in [1.807, 2.05) is 0 Å². The average molecular weight is 286 g/mol. The molecule has 6 heteroatoms. The van der Waals surface area contributed by atoms with Gasteiger partial charge in [-0.1, -0.05) is 25.5 Å². The monoisotopic (exact) mass is 286 g/mol. The topological polar surface area (TPSA) is 71.4 Å². The Morgan fingerprint density at radius 1 is 1.42 bits per heavy atom. The van der Waals surface area contributed by atoms with E-state index in [0.717, 1.165) is 12.1 Å². The van der Waals surface area contributed by atoms with Crippen LogP contribution in [0.3, 0.4) is 0 Å². The molecule has 104 valence electrons. The summed E-state index contributed by atoms with van der Waals surface area (Å²) in [5, 5.41) is 9.42. The van der Waals surface area contributed by atoms with Crippen molar-refractivity contribution in [2.75, 3.05) is 0 Å². The first-order chi connectivity index (χ1) is 8.84. The maximum absolute atomic E-state index is 13.7. The lowest BCUT2D eigenvalue weighted by molar-refractivity contribution is -0.141. The number of benzene rings is 1. The van der Waals surface area contributed by atoms with E-state index < -0.39 is 37.2 Å². The summed E-state index contributed by atoms with van der Waals surface area (Å²) in [5.74, 6) is -2.82. The second-order valence-corrected chi connectivity index (χ2v) is 7.10. The van der Waals surface area contributed by atoms with Crippen LogP contribution in [0.2, 0.25) is 0 Å². The van der Waals surface area contributed by atoms with Crippen molar-refractivity contribution in [2.24, 2.45) is 5.92 Å². The third kappa shape index (κ3) is 1.85. The Kier molecular flexibility index (Phi) is 3.38. The van der Waals surface area contributed by atoms with Crippen LogP contribution in [0.5, 0.6) is 0 Å². The van der Waals surface area contributed by atoms with Gasteiger partial charge in [-0.3, -0.25) is 4.79 Å². The molecule has 0 bridgehead atoms. The molecule has 2 rings (SSSR count). The van der Waals surface area contributed by atoms with Crippen LogP contribution in [0, 0.1) is 11.7 Å². The Labute approximate surface area is 111 Å². The molecule has 1 aromatic rings. The predicted octanol–water partition coefficient (Wildman–Crippen LogP) is 2.24. The number of sulfone groups is 1. The summed E-state index contributed by atoms with van der Waals surface area (Å²) in [6.45, 7) is 1.60. The van der Waals surface area contributed by atoms with Crippen molar-refractivity contribution in [2.45, 2.75) is 35.8 Å². The maximum atomic E-state index is 13.7. The quantitative estimate of drug-likeness (QED) is 0.925. The predicted molar refractivity (Wildman–Crippen MR) is 67.0 cm³/mol. The van der Waals surface area contributed by atoms with Gasteiger partial charge in [0, 0.05) is 0 Å². The van der Waals surface area contributed by atoms with Gasteiger partial charge >= 0.3 is 5.97 Å². The summed E-state index contributed by atoms with van der Waals surface area (Å²) in [7, 11) is -4.25. The van der Waals surface area contributed by atoms with Gasteiger partial charge in [-0.25, -0.2) is 12.8 Å². The normalized spacial score (nSPS) is 27.4. The number of carbonyl (C=O) groups is 1. The Bertz CT molecular complexity index is 611. The summed E-state index contributed by atoms with van der Waals surface area (Å²) in [6.07, 6.45) is 1.06. The zero-order valence-electron chi connectivity index (χ0n) is 10.5. The Morgan fingerprint density at radius 3 is 2.53 bits per heavy atom. The molecule has 0 radical (unpaired) electrons. The molecule has 1 aromatic carbocycles. The van der Waals surface area contributed by atoms with Crippen LogP contribution in [0.15, 0.2) is 29.2 Å². The maximum Gasteiger partial charge on any atom is 0.325 e. The number of halogens is 1. The van der Waals surface area contributed by atoms with Crippen LogP contribution in [0.25, 0.3) is 0 Å². The van der Waals surface area contributed by atoms with Gasteiger partial charge in [0.25, 0.3) is 0 Å². The van der Waals surface area contributed by atoms with Crippen LogP contribution in [0.4, 0.5) is 4.39 Å². The van der Waals surface area contributed by atoms with E-state index in [1.165, 1.54) is 12.1 Å². The van der Waals surface area contributed by atoms with Gasteiger partial charge in [0.15, 0.2) is 14.6 Å². The van der Waals surface area contributed by atoms with Crippen molar-refractivity contribution in [3.63, 3.8) is 0 Å². The molecule has 1 N–H and O–H groups in total. The van der Waals surface area contributed by atoms with E-state index in [-0.39, 0.29) is 6.42 Å². The molecular weight excluding hydrogens is 271 g/mol. The lowest BCUT2D eigenvalue weighted by atomic mass is 9.97. The average Bonchev–Trinajstić information content (AvgIpc) is 2.72. The van der Waals surface area contributed by atoms with Gasteiger partial charge < -0.3 is 5.11 Å². The van der Waals surface area contributed by atoms with E-state index in [0.29, 0.717) is 12.8 Å². The van der Waals surface area contributed by atoms with Crippen LogP contribution in [-0.2, 0) is 14.6 Å². The van der Waals surface area contributed by atoms with Crippen molar-refractivity contribution in [1.82, 2.24) is 0 Å². The third-order valence-electron chi connectivity index (χ3n) is 3.95. The van der Waals surface area contributed by atoms with E-state index >= 15 is 0 Å². The number of hydrogen-bond donors (Lipinski definition) is 1. The first-order valence-electron chi connectivity index (χ1n) is 6.06. The molecule has 4 nitrogen and oxygen atoms in total. The summed E-state index contributed by atoms with van der Waals surface area (Å²) >= 11 is 0. The van der Waals surface area contributed by atoms with Gasteiger partial charge in [-0.15, -0.1) is 0 Å². The lowest BCUT2D eigenvalue weighted by Crippen LogP contribution is -2.48. The molecule has 1 fully saturated rings. The van der Waals surface area contributed by atoms with Crippen LogP contribution in [0.1, 0.15) is 26.2 Å². The molecule has 0 amide bonds. The highest BCUT2D eigenvalue weighted by molar-refractivity contribution is 7.93. The van der Waals surface area contributed by atoms with Crippen LogP contribution in [-0.4, -0.2) is 24.2 Å². The second-order valence-electron chi connectivity index (χ2n) is 4.92. The van der Waals surface area contributed by atoms with Gasteiger partial charge in [0.1, 0.15) is 10.7 Å². The molecule has 19 heavy (non-hydrogen) atoms. The summed E-state index contributed by atoms with van der Waals surface area (Å²) in [5.41, 5.74) is 0. The van der Waals surface area contributed by atoms with Crippen molar-refractivity contribution in [1.29, 1.82) is 0 Å². The smallest absolute Gasteiger partial charge is 0.325 e. The minimum atomic E-state index is -4.25. The second kappa shape index (κ2) is 4.59. The molecule has 0 aromatic heterocycles. The van der Waals surface area contributed by atoms with Crippen molar-refractivity contribution in [3.8, 4) is 0 Å². The molecule has 1 aliphatic rings. The molecular formula is C13H15FO4S. The molecule has 2 unspecified atom stereocenters. The fourth-order valence-electron chi connectivity index (χ4n) is 2.84. The van der Waals surface area contributed by atoms with Gasteiger partial charge in [0.05, 0.1) is 0 Å². The van der Waals surface area contributed by atoms with E-state index in [9.17, 15) is 22.7 Å². The standard InChI is InChI=1S/C13H15FO4S/c1-9-5-4-8-13(9,12(15)16)19(17,18)11-7-3-2-6-10(11)14/h2-3,6-7,9H,4-5,8H2,1H3,(H,15,16). The van der Waals surface area contributed by atoms with Gasteiger partial charge in [-0.2, -0.15) is 0 Å². The van der Waals surface area contributed by atoms with Crippen molar-refractivity contribution < 1.29 is 22.7 Å². The molecule has 2 atom stereocenters. The van der Waals surface area contributed by atoms with Gasteiger partial charge in [0.2, 0.25) is 0 Å². The van der Waals surface area contributed by atoms with E-state index in [2.05, 4.69) is 0 Å². The lowest BCUT2D eigenvalue weighted by Gasteiger charge is -2.28. The summed E-state index contributed by atoms with van der Waals surface area (Å²) in [4.78, 5) is 11.0. The zero-order chi connectivity index (χ0) is 14.3. The third-order valence-corrected chi connectivity index (χ3v) is 6.60. The molecule has 0 aliphatic heterocycles. The largest absolute Gasteiger partial charge is 0.480 e. The summed E-state index contributed by atoms with van der Waals surface area (Å²) in [6, 6.07) is 4.92. The molecule has 0 heterocycles.